The predicted molar refractivity (Wildman–Crippen MR) is 149 cm³/mol. The van der Waals surface area contributed by atoms with Crippen molar-refractivity contribution in [3.63, 3.8) is 0 Å². The maximum Gasteiger partial charge on any atom is 0.342 e. The number of rotatable bonds is 13. The highest BCUT2D eigenvalue weighted by atomic mass is 35.5. The largest absolute Gasteiger partial charge is 0.478 e. The number of aromatic carboxylic acids is 2. The zero-order chi connectivity index (χ0) is 30.1. The first kappa shape index (κ1) is 31.9. The molecule has 0 atom stereocenters. The van der Waals surface area contributed by atoms with Crippen molar-refractivity contribution in [3.05, 3.63) is 98.5 Å². The lowest BCUT2D eigenvalue weighted by Gasteiger charge is -2.15. The van der Waals surface area contributed by atoms with E-state index in [1.807, 2.05) is 0 Å². The van der Waals surface area contributed by atoms with Crippen LogP contribution in [0.4, 0.5) is 0 Å². The summed E-state index contributed by atoms with van der Waals surface area (Å²) in [5, 5.41) is 28.9. The summed E-state index contributed by atoms with van der Waals surface area (Å²) in [6, 6.07) is 7.14. The van der Waals surface area contributed by atoms with Crippen molar-refractivity contribution in [2.45, 2.75) is 20.3 Å². The van der Waals surface area contributed by atoms with Crippen LogP contribution in [0.1, 0.15) is 54.7 Å². The highest BCUT2D eigenvalue weighted by Crippen LogP contribution is 2.28. The lowest BCUT2D eigenvalue weighted by atomic mass is 9.90. The van der Waals surface area contributed by atoms with Crippen LogP contribution >= 0.6 is 24.2 Å². The fourth-order valence-corrected chi connectivity index (χ4v) is 3.92. The summed E-state index contributed by atoms with van der Waals surface area (Å²) in [4.78, 5) is 61.6. The van der Waals surface area contributed by atoms with Gasteiger partial charge in [0.2, 0.25) is 0 Å². The van der Waals surface area contributed by atoms with E-state index in [1.54, 1.807) is 25.1 Å². The number of allylic oxidation sites excluding steroid dienone is 1. The number of carboxylic acids is 3. The quantitative estimate of drug-likeness (QED) is 0.0836. The smallest absolute Gasteiger partial charge is 0.342 e. The van der Waals surface area contributed by atoms with Gasteiger partial charge < -0.3 is 24.8 Å². The lowest BCUT2D eigenvalue weighted by Crippen LogP contribution is -2.17. The molecule has 10 nitrogen and oxygen atoms in total. The van der Waals surface area contributed by atoms with Gasteiger partial charge in [-0.3, -0.25) is 4.79 Å². The third-order valence-electron chi connectivity index (χ3n) is 5.49. The maximum atomic E-state index is 13.2. The van der Waals surface area contributed by atoms with Gasteiger partial charge in [-0.05, 0) is 61.4 Å². The molecular weight excluding hydrogens is 564 g/mol. The Kier molecular flexibility index (Phi) is 11.3. The third-order valence-corrected chi connectivity index (χ3v) is 6.02. The molecule has 0 bridgehead atoms. The second-order valence-corrected chi connectivity index (χ2v) is 9.13. The molecule has 0 aromatic heterocycles. The number of aryl methyl sites for hydroxylation is 1. The van der Waals surface area contributed by atoms with Crippen LogP contribution in [0.2, 0.25) is 5.02 Å². The summed E-state index contributed by atoms with van der Waals surface area (Å²) in [7, 11) is 0. The molecule has 40 heavy (non-hydrogen) atoms. The summed E-state index contributed by atoms with van der Waals surface area (Å²) in [5.74, 6) is -6.95. The Hall–Kier alpha value is -4.35. The Labute approximate surface area is 239 Å². The molecule has 0 aliphatic carbocycles. The highest BCUT2D eigenvalue weighted by molar-refractivity contribution is 7.80. The molecule has 0 amide bonds. The normalized spacial score (nSPS) is 11.5. The summed E-state index contributed by atoms with van der Waals surface area (Å²) in [6.07, 6.45) is 1.66. The van der Waals surface area contributed by atoms with Crippen molar-refractivity contribution in [3.8, 4) is 0 Å². The first-order valence-electron chi connectivity index (χ1n) is 11.5. The Bertz CT molecular complexity index is 1430. The average Bonchev–Trinajstić information content (AvgIpc) is 2.87. The first-order valence-corrected chi connectivity index (χ1v) is 12.5. The van der Waals surface area contributed by atoms with E-state index in [4.69, 9.17) is 21.1 Å². The van der Waals surface area contributed by atoms with E-state index in [9.17, 15) is 39.3 Å². The van der Waals surface area contributed by atoms with Gasteiger partial charge in [0, 0.05) is 33.9 Å². The van der Waals surface area contributed by atoms with Gasteiger partial charge in [0.1, 0.15) is 6.61 Å². The number of halogens is 1. The van der Waals surface area contributed by atoms with E-state index in [0.717, 1.165) is 25.1 Å². The number of hydrogen-bond acceptors (Lipinski definition) is 8. The number of carboxylic acid groups (broad SMARTS) is 3. The molecule has 0 spiro atoms. The van der Waals surface area contributed by atoms with Gasteiger partial charge in [0.15, 0.2) is 5.78 Å². The summed E-state index contributed by atoms with van der Waals surface area (Å²) in [5.41, 5.74) is -1.75. The molecule has 0 saturated carbocycles. The number of carbonyl (C=O) groups is 5. The number of benzene rings is 2. The van der Waals surface area contributed by atoms with Gasteiger partial charge in [-0.1, -0.05) is 29.8 Å². The van der Waals surface area contributed by atoms with E-state index in [-0.39, 0.29) is 30.1 Å². The minimum absolute atomic E-state index is 0.0877. The van der Waals surface area contributed by atoms with E-state index < -0.39 is 51.9 Å². The minimum Gasteiger partial charge on any atom is -0.478 e. The second-order valence-electron chi connectivity index (χ2n) is 8.27. The number of ketones is 1. The highest BCUT2D eigenvalue weighted by Gasteiger charge is 2.27. The van der Waals surface area contributed by atoms with Crippen molar-refractivity contribution in [2.24, 2.45) is 0 Å². The maximum absolute atomic E-state index is 13.2. The van der Waals surface area contributed by atoms with Crippen LogP contribution in [0.15, 0.2) is 60.1 Å². The van der Waals surface area contributed by atoms with Crippen LogP contribution in [0.25, 0.3) is 6.08 Å². The van der Waals surface area contributed by atoms with E-state index in [1.165, 1.54) is 0 Å². The van der Waals surface area contributed by atoms with Gasteiger partial charge in [0.25, 0.3) is 5.95 Å². The summed E-state index contributed by atoms with van der Waals surface area (Å²) in [6.45, 7) is 6.46. The summed E-state index contributed by atoms with van der Waals surface area (Å²) >= 11 is 10.4. The lowest BCUT2D eigenvalue weighted by molar-refractivity contribution is -0.140. The van der Waals surface area contributed by atoms with Gasteiger partial charge in [-0.15, -0.1) is 0 Å². The molecule has 12 heteroatoms. The number of ether oxygens (including phenoxy) is 2. The van der Waals surface area contributed by atoms with Crippen molar-refractivity contribution in [1.82, 2.24) is 0 Å². The van der Waals surface area contributed by atoms with Gasteiger partial charge in [-0.25, -0.2) is 19.2 Å². The van der Waals surface area contributed by atoms with E-state index >= 15 is 0 Å². The zero-order valence-corrected chi connectivity index (χ0v) is 23.0. The van der Waals surface area contributed by atoms with Gasteiger partial charge in [-0.2, -0.15) is 12.6 Å². The Morgan fingerprint density at radius 1 is 1.02 bits per heavy atom. The monoisotopic (exact) mass is 588 g/mol. The zero-order valence-electron chi connectivity index (χ0n) is 21.4. The molecule has 3 N–H and O–H groups in total. The molecule has 2 aromatic rings. The number of hydrogen-bond donors (Lipinski definition) is 4. The number of carbonyl (C=O) groups excluding carboxylic acids is 2. The van der Waals surface area contributed by atoms with Gasteiger partial charge in [0.05, 0.1) is 11.1 Å². The summed E-state index contributed by atoms with van der Waals surface area (Å²) < 4.78 is 10.3. The average molecular weight is 589 g/mol. The molecule has 0 unspecified atom stereocenters. The van der Waals surface area contributed by atoms with Crippen molar-refractivity contribution in [1.29, 1.82) is 0 Å². The molecule has 210 valence electrons. The van der Waals surface area contributed by atoms with E-state index in [0.29, 0.717) is 28.0 Å². The van der Waals surface area contributed by atoms with Crippen LogP contribution in [0.5, 0.6) is 0 Å². The number of esters is 1. The molecule has 0 aliphatic heterocycles. The Morgan fingerprint density at radius 2 is 1.70 bits per heavy atom. The molecule has 0 radical (unpaired) electrons. The van der Waals surface area contributed by atoms with Crippen molar-refractivity contribution >= 4 is 60.0 Å². The molecule has 0 aliphatic rings. The van der Waals surface area contributed by atoms with E-state index in [2.05, 4.69) is 19.2 Å². The van der Waals surface area contributed by atoms with Crippen LogP contribution in [0, 0.1) is 6.92 Å². The molecule has 0 heterocycles. The minimum atomic E-state index is -1.75. The van der Waals surface area contributed by atoms with Crippen molar-refractivity contribution in [2.75, 3.05) is 12.4 Å². The molecule has 0 fully saturated rings. The second kappa shape index (κ2) is 14.2. The van der Waals surface area contributed by atoms with Crippen LogP contribution < -0.4 is 0 Å². The molecule has 0 saturated heterocycles. The molecule has 2 rings (SSSR count). The first-order chi connectivity index (χ1) is 18.8. The predicted octanol–water partition coefficient (Wildman–Crippen LogP) is 4.85. The standard InChI is InChI=1S/C28H25ClO10S/c1-14-5-4-6-21(29)20(14)13-18(28(37)39-16(3)38-9-10-40)12-17-7-8-19(26(33)34)24(27(35)36)23(17)22(30)11-15(2)25(31)32/h4-8,11-12,40H,3,9-10,13H2,1-2H3,(H,31,32)(H,33,34)(H,35,36). The Morgan fingerprint density at radius 3 is 2.25 bits per heavy atom. The molecule has 2 aromatic carbocycles. The van der Waals surface area contributed by atoms with Gasteiger partial charge >= 0.3 is 23.9 Å². The number of aliphatic carboxylic acids is 1. The Balaban J connectivity index is 2.86. The number of thiol groups is 1. The van der Waals surface area contributed by atoms with Crippen LogP contribution in [0.3, 0.4) is 0 Å². The fraction of sp³-hybridized carbons (Fsp3) is 0.179. The van der Waals surface area contributed by atoms with Crippen LogP contribution in [-0.4, -0.2) is 57.3 Å². The third kappa shape index (κ3) is 8.08. The topological polar surface area (TPSA) is 164 Å². The van der Waals surface area contributed by atoms with Crippen molar-refractivity contribution < 1.29 is 48.8 Å². The van der Waals surface area contributed by atoms with Crippen LogP contribution in [-0.2, 0) is 25.5 Å². The SMILES string of the molecule is C=C(OCCS)OC(=O)C(=Cc1ccc(C(=O)O)c(C(=O)O)c1C(=O)C=C(C)C(=O)O)Cc1c(C)cccc1Cl. The fourth-order valence-electron chi connectivity index (χ4n) is 3.54. The molecular formula is C28H25ClO10S.